The summed E-state index contributed by atoms with van der Waals surface area (Å²) in [6.07, 6.45) is 2.47. The van der Waals surface area contributed by atoms with Gasteiger partial charge in [0.2, 0.25) is 0 Å². The van der Waals surface area contributed by atoms with Crippen LogP contribution in [0.4, 0.5) is 4.39 Å². The van der Waals surface area contributed by atoms with Crippen LogP contribution in [0.1, 0.15) is 62.1 Å². The van der Waals surface area contributed by atoms with E-state index in [0.717, 1.165) is 5.56 Å². The number of rotatable bonds is 3. The van der Waals surface area contributed by atoms with Crippen LogP contribution >= 0.6 is 0 Å². The molecule has 1 aliphatic carbocycles. The summed E-state index contributed by atoms with van der Waals surface area (Å²) in [6, 6.07) is 3.84. The van der Waals surface area contributed by atoms with Gasteiger partial charge in [0.1, 0.15) is 5.82 Å². The summed E-state index contributed by atoms with van der Waals surface area (Å²) in [7, 11) is 0. The second-order valence-electron chi connectivity index (χ2n) is 5.54. The van der Waals surface area contributed by atoms with Crippen molar-refractivity contribution in [3.8, 4) is 0 Å². The highest BCUT2D eigenvalue weighted by molar-refractivity contribution is 5.38. The number of halogens is 1. The van der Waals surface area contributed by atoms with Gasteiger partial charge in [-0.2, -0.15) is 0 Å². The molecule has 1 aromatic carbocycles. The second-order valence-corrected chi connectivity index (χ2v) is 5.54. The fourth-order valence-electron chi connectivity index (χ4n) is 2.26. The molecule has 2 rings (SSSR count). The largest absolute Gasteiger partial charge is 0.207 e. The van der Waals surface area contributed by atoms with Crippen LogP contribution in [0.25, 0.3) is 0 Å². The third-order valence-electron chi connectivity index (χ3n) is 3.89. The van der Waals surface area contributed by atoms with Gasteiger partial charge in [0.15, 0.2) is 0 Å². The number of benzene rings is 1. The lowest BCUT2D eigenvalue weighted by Gasteiger charge is -2.18. The van der Waals surface area contributed by atoms with Crippen molar-refractivity contribution < 1.29 is 4.39 Å². The van der Waals surface area contributed by atoms with Gasteiger partial charge in [0.25, 0.3) is 0 Å². The average molecular weight is 220 g/mol. The summed E-state index contributed by atoms with van der Waals surface area (Å²) >= 11 is 0. The minimum absolute atomic E-state index is 0.00583. The van der Waals surface area contributed by atoms with Crippen molar-refractivity contribution in [2.24, 2.45) is 5.92 Å². The van der Waals surface area contributed by atoms with Gasteiger partial charge in [-0.15, -0.1) is 0 Å². The summed E-state index contributed by atoms with van der Waals surface area (Å²) in [5, 5.41) is 0. The summed E-state index contributed by atoms with van der Waals surface area (Å²) < 4.78 is 14.0. The molecule has 0 bridgehead atoms. The third-order valence-corrected chi connectivity index (χ3v) is 3.89. The number of hydrogen-bond acceptors (Lipinski definition) is 0. The van der Waals surface area contributed by atoms with E-state index in [2.05, 4.69) is 33.8 Å². The average Bonchev–Trinajstić information content (AvgIpc) is 3.03. The lowest BCUT2D eigenvalue weighted by molar-refractivity contribution is 0.500. The fraction of sp³-hybridized carbons (Fsp3) is 0.600. The molecule has 16 heavy (non-hydrogen) atoms. The monoisotopic (exact) mass is 220 g/mol. The fourth-order valence-corrected chi connectivity index (χ4v) is 2.26. The van der Waals surface area contributed by atoms with Crippen LogP contribution in [0.2, 0.25) is 0 Å². The van der Waals surface area contributed by atoms with Gasteiger partial charge < -0.3 is 0 Å². The molecule has 1 heteroatoms. The SMILES string of the molecule is Cc1cc(C(C)C(C)C)c(F)cc1C1CC1. The zero-order valence-electron chi connectivity index (χ0n) is 10.7. The molecule has 1 saturated carbocycles. The Labute approximate surface area is 97.9 Å². The van der Waals surface area contributed by atoms with E-state index in [-0.39, 0.29) is 5.82 Å². The first-order valence-electron chi connectivity index (χ1n) is 6.30. The van der Waals surface area contributed by atoms with Gasteiger partial charge >= 0.3 is 0 Å². The molecule has 1 atom stereocenters. The Morgan fingerprint density at radius 3 is 2.31 bits per heavy atom. The maximum Gasteiger partial charge on any atom is 0.126 e. The molecule has 0 saturated heterocycles. The van der Waals surface area contributed by atoms with E-state index in [4.69, 9.17) is 0 Å². The van der Waals surface area contributed by atoms with Crippen molar-refractivity contribution in [3.63, 3.8) is 0 Å². The summed E-state index contributed by atoms with van der Waals surface area (Å²) in [4.78, 5) is 0. The standard InChI is InChI=1S/C15H21F/c1-9(2)11(4)14-7-10(3)13(8-15(14)16)12-5-6-12/h7-9,11-12H,5-6H2,1-4H3. The molecule has 1 fully saturated rings. The lowest BCUT2D eigenvalue weighted by Crippen LogP contribution is -2.06. The van der Waals surface area contributed by atoms with Gasteiger partial charge in [0, 0.05) is 0 Å². The second kappa shape index (κ2) is 4.20. The van der Waals surface area contributed by atoms with Gasteiger partial charge in [-0.1, -0.05) is 26.8 Å². The van der Waals surface area contributed by atoms with Crippen LogP contribution in [-0.4, -0.2) is 0 Å². The van der Waals surface area contributed by atoms with Crippen LogP contribution in [0.15, 0.2) is 12.1 Å². The first-order chi connectivity index (χ1) is 7.50. The highest BCUT2D eigenvalue weighted by atomic mass is 19.1. The lowest BCUT2D eigenvalue weighted by atomic mass is 9.87. The Morgan fingerprint density at radius 1 is 1.19 bits per heavy atom. The smallest absolute Gasteiger partial charge is 0.126 e. The van der Waals surface area contributed by atoms with Gasteiger partial charge in [-0.05, 0) is 60.3 Å². The van der Waals surface area contributed by atoms with Gasteiger partial charge in [-0.25, -0.2) is 4.39 Å². The predicted octanol–water partition coefficient (Wildman–Crippen LogP) is 4.77. The first-order valence-corrected chi connectivity index (χ1v) is 6.30. The molecule has 1 aromatic rings. The van der Waals surface area contributed by atoms with Crippen molar-refractivity contribution in [1.82, 2.24) is 0 Å². The number of aryl methyl sites for hydroxylation is 1. The van der Waals surface area contributed by atoms with Crippen molar-refractivity contribution in [2.75, 3.05) is 0 Å². The maximum absolute atomic E-state index is 14.0. The van der Waals surface area contributed by atoms with Crippen molar-refractivity contribution in [1.29, 1.82) is 0 Å². The van der Waals surface area contributed by atoms with Crippen LogP contribution in [0.3, 0.4) is 0 Å². The zero-order chi connectivity index (χ0) is 11.9. The van der Waals surface area contributed by atoms with E-state index >= 15 is 0 Å². The van der Waals surface area contributed by atoms with E-state index in [1.807, 2.05) is 0 Å². The van der Waals surface area contributed by atoms with E-state index in [0.29, 0.717) is 17.8 Å². The molecule has 0 spiro atoms. The van der Waals surface area contributed by atoms with Crippen LogP contribution in [0, 0.1) is 18.7 Å². The van der Waals surface area contributed by atoms with Crippen LogP contribution < -0.4 is 0 Å². The number of hydrogen-bond donors (Lipinski definition) is 0. The predicted molar refractivity (Wildman–Crippen MR) is 66.4 cm³/mol. The molecule has 1 unspecified atom stereocenters. The highest BCUT2D eigenvalue weighted by Gasteiger charge is 2.27. The molecule has 0 nitrogen and oxygen atoms in total. The van der Waals surface area contributed by atoms with Crippen molar-refractivity contribution in [3.05, 3.63) is 34.6 Å². The molecular formula is C15H21F. The Balaban J connectivity index is 2.37. The molecule has 0 amide bonds. The van der Waals surface area contributed by atoms with Gasteiger partial charge in [-0.3, -0.25) is 0 Å². The normalized spacial score (nSPS) is 17.9. The third kappa shape index (κ3) is 2.14. The Kier molecular flexibility index (Phi) is 3.05. The molecule has 0 radical (unpaired) electrons. The molecular weight excluding hydrogens is 199 g/mol. The molecule has 88 valence electrons. The Bertz CT molecular complexity index is 389. The first kappa shape index (κ1) is 11.6. The minimum Gasteiger partial charge on any atom is -0.207 e. The molecule has 0 aliphatic heterocycles. The van der Waals surface area contributed by atoms with Crippen LogP contribution in [0.5, 0.6) is 0 Å². The van der Waals surface area contributed by atoms with Gasteiger partial charge in [0.05, 0.1) is 0 Å². The molecule has 0 aromatic heterocycles. The topological polar surface area (TPSA) is 0 Å². The highest BCUT2D eigenvalue weighted by Crippen LogP contribution is 2.42. The van der Waals surface area contributed by atoms with E-state index in [1.165, 1.54) is 24.0 Å². The van der Waals surface area contributed by atoms with Crippen molar-refractivity contribution in [2.45, 2.75) is 52.4 Å². The molecule has 0 N–H and O–H groups in total. The van der Waals surface area contributed by atoms with E-state index < -0.39 is 0 Å². The van der Waals surface area contributed by atoms with E-state index in [9.17, 15) is 4.39 Å². The summed E-state index contributed by atoms with van der Waals surface area (Å²) in [5.74, 6) is 1.42. The quantitative estimate of drug-likeness (QED) is 0.688. The molecule has 1 aliphatic rings. The van der Waals surface area contributed by atoms with Crippen LogP contribution in [-0.2, 0) is 0 Å². The van der Waals surface area contributed by atoms with E-state index in [1.54, 1.807) is 6.07 Å². The Morgan fingerprint density at radius 2 is 1.81 bits per heavy atom. The minimum atomic E-state index is -0.00583. The summed E-state index contributed by atoms with van der Waals surface area (Å²) in [5.41, 5.74) is 3.39. The Hall–Kier alpha value is -0.850. The molecule has 0 heterocycles. The zero-order valence-corrected chi connectivity index (χ0v) is 10.7. The maximum atomic E-state index is 14.0. The summed E-state index contributed by atoms with van der Waals surface area (Å²) in [6.45, 7) is 8.52. The van der Waals surface area contributed by atoms with Crippen molar-refractivity contribution >= 4 is 0 Å².